The molecule has 3 heterocycles. The predicted octanol–water partition coefficient (Wildman–Crippen LogP) is 0.898. The van der Waals surface area contributed by atoms with Crippen molar-refractivity contribution in [1.29, 1.82) is 0 Å². The molecule has 3 fully saturated rings. The Balaban J connectivity index is 1.29. The number of aliphatic imine (C=N–C) groups is 1. The summed E-state index contributed by atoms with van der Waals surface area (Å²) in [4.78, 5) is 10.0. The summed E-state index contributed by atoms with van der Waals surface area (Å²) in [7, 11) is 2.00. The maximum atomic E-state index is 5.45. The average molecular weight is 433 g/mol. The van der Waals surface area contributed by atoms with E-state index in [-0.39, 0.29) is 0 Å². The predicted molar refractivity (Wildman–Crippen MR) is 122 cm³/mol. The highest BCUT2D eigenvalue weighted by molar-refractivity contribution is 5.80. The number of nitrogens with one attached hydrogen (secondary N) is 2. The van der Waals surface area contributed by atoms with Crippen molar-refractivity contribution in [3.63, 3.8) is 0 Å². The lowest BCUT2D eigenvalue weighted by molar-refractivity contribution is 0.0376. The van der Waals surface area contributed by atoms with Gasteiger partial charge in [0.2, 0.25) is 0 Å². The van der Waals surface area contributed by atoms with Gasteiger partial charge < -0.3 is 19.9 Å². The summed E-state index contributed by atoms with van der Waals surface area (Å²) in [6.45, 7) is 10.7. The van der Waals surface area contributed by atoms with Crippen LogP contribution in [0.2, 0.25) is 0 Å². The summed E-state index contributed by atoms with van der Waals surface area (Å²) in [5.74, 6) is 2.72. The Morgan fingerprint density at radius 2 is 1.94 bits per heavy atom. The normalized spacial score (nSPS) is 24.2. The van der Waals surface area contributed by atoms with Crippen LogP contribution in [0.25, 0.3) is 0 Å². The van der Waals surface area contributed by atoms with Gasteiger partial charge in [-0.2, -0.15) is 0 Å². The molecule has 4 rings (SSSR count). The fraction of sp³-hybridized carbons (Fsp3) is 0.864. The number of aromatic nitrogens is 3. The Morgan fingerprint density at radius 3 is 2.68 bits per heavy atom. The lowest BCUT2D eigenvalue weighted by Gasteiger charge is -2.26. The lowest BCUT2D eigenvalue weighted by Crippen LogP contribution is -2.46. The maximum Gasteiger partial charge on any atom is 0.191 e. The summed E-state index contributed by atoms with van der Waals surface area (Å²) in [5, 5.41) is 15.7. The molecule has 9 nitrogen and oxygen atoms in total. The molecule has 3 aliphatic rings. The van der Waals surface area contributed by atoms with Gasteiger partial charge in [-0.3, -0.25) is 9.80 Å². The average Bonchev–Trinajstić information content (AvgIpc) is 3.53. The number of hydrogen-bond donors (Lipinski definition) is 2. The van der Waals surface area contributed by atoms with E-state index in [1.165, 1.54) is 38.6 Å². The van der Waals surface area contributed by atoms with Crippen molar-refractivity contribution in [2.75, 3.05) is 52.5 Å². The smallest absolute Gasteiger partial charge is 0.191 e. The third-order valence-corrected chi connectivity index (χ3v) is 7.01. The van der Waals surface area contributed by atoms with E-state index in [9.17, 15) is 0 Å². The zero-order valence-corrected chi connectivity index (χ0v) is 19.4. The molecule has 2 aliphatic heterocycles. The van der Waals surface area contributed by atoms with Crippen molar-refractivity contribution in [2.45, 2.75) is 64.1 Å². The van der Waals surface area contributed by atoms with Crippen molar-refractivity contribution in [3.8, 4) is 0 Å². The Kier molecular flexibility index (Phi) is 8.15. The van der Waals surface area contributed by atoms with Gasteiger partial charge in [0, 0.05) is 51.9 Å². The molecule has 0 amide bonds. The van der Waals surface area contributed by atoms with E-state index < -0.39 is 0 Å². The summed E-state index contributed by atoms with van der Waals surface area (Å²) in [6, 6.07) is 1.27. The first-order chi connectivity index (χ1) is 15.2. The zero-order valence-electron chi connectivity index (χ0n) is 19.4. The molecular formula is C22H40N8O. The van der Waals surface area contributed by atoms with Gasteiger partial charge in [0.05, 0.1) is 13.2 Å². The van der Waals surface area contributed by atoms with Crippen LogP contribution in [0.15, 0.2) is 4.99 Å². The molecule has 0 spiro atoms. The molecule has 0 radical (unpaired) electrons. The molecule has 1 aromatic heterocycles. The second kappa shape index (κ2) is 11.2. The van der Waals surface area contributed by atoms with Gasteiger partial charge in [-0.15, -0.1) is 10.2 Å². The van der Waals surface area contributed by atoms with Crippen LogP contribution < -0.4 is 10.6 Å². The van der Waals surface area contributed by atoms with Crippen LogP contribution in [0.5, 0.6) is 0 Å². The molecule has 1 atom stereocenters. The lowest BCUT2D eigenvalue weighted by atomic mass is 10.2. The van der Waals surface area contributed by atoms with E-state index >= 15 is 0 Å². The van der Waals surface area contributed by atoms with E-state index in [0.717, 1.165) is 76.0 Å². The highest BCUT2D eigenvalue weighted by Crippen LogP contribution is 2.26. The fourth-order valence-corrected chi connectivity index (χ4v) is 4.92. The van der Waals surface area contributed by atoms with Crippen LogP contribution in [0.3, 0.4) is 0 Å². The Labute approximate surface area is 186 Å². The standard InChI is InChI=1S/C22H40N8O/c1-18-26-27-21(28(18)2)16-24-22(23-9-5-10-29-12-14-31-15-13-29)25-19-8-11-30(17-19)20-6-3-4-7-20/h19-20H,3-17H2,1-2H3,(H2,23,24,25). The highest BCUT2D eigenvalue weighted by atomic mass is 16.5. The van der Waals surface area contributed by atoms with Gasteiger partial charge in [0.25, 0.3) is 0 Å². The van der Waals surface area contributed by atoms with Gasteiger partial charge in [-0.05, 0) is 39.2 Å². The van der Waals surface area contributed by atoms with E-state index in [1.807, 2.05) is 18.5 Å². The fourth-order valence-electron chi connectivity index (χ4n) is 4.92. The topological polar surface area (TPSA) is 82.8 Å². The van der Waals surface area contributed by atoms with Crippen molar-refractivity contribution in [1.82, 2.24) is 35.2 Å². The van der Waals surface area contributed by atoms with Gasteiger partial charge >= 0.3 is 0 Å². The Bertz CT molecular complexity index is 708. The van der Waals surface area contributed by atoms with Crippen molar-refractivity contribution in [2.24, 2.45) is 12.0 Å². The third kappa shape index (κ3) is 6.40. The number of likely N-dealkylation sites (tertiary alicyclic amines) is 1. The number of rotatable bonds is 8. The van der Waals surface area contributed by atoms with Crippen LogP contribution in [0, 0.1) is 6.92 Å². The van der Waals surface area contributed by atoms with Crippen LogP contribution >= 0.6 is 0 Å². The van der Waals surface area contributed by atoms with E-state index in [2.05, 4.69) is 30.6 Å². The molecular weight excluding hydrogens is 392 g/mol. The summed E-state index contributed by atoms with van der Waals surface area (Å²) in [5.41, 5.74) is 0. The quantitative estimate of drug-likeness (QED) is 0.359. The van der Waals surface area contributed by atoms with Crippen LogP contribution in [0.4, 0.5) is 0 Å². The first kappa shape index (κ1) is 22.5. The first-order valence-corrected chi connectivity index (χ1v) is 12.1. The Hall–Kier alpha value is -1.71. The van der Waals surface area contributed by atoms with Crippen LogP contribution in [0.1, 0.15) is 50.2 Å². The Morgan fingerprint density at radius 1 is 1.13 bits per heavy atom. The minimum absolute atomic E-state index is 0.465. The summed E-state index contributed by atoms with van der Waals surface area (Å²) < 4.78 is 7.46. The molecule has 1 aromatic rings. The van der Waals surface area contributed by atoms with Gasteiger partial charge in [-0.1, -0.05) is 12.8 Å². The van der Waals surface area contributed by atoms with Crippen molar-refractivity contribution in [3.05, 3.63) is 11.6 Å². The van der Waals surface area contributed by atoms with E-state index in [0.29, 0.717) is 12.6 Å². The molecule has 1 saturated carbocycles. The molecule has 31 heavy (non-hydrogen) atoms. The van der Waals surface area contributed by atoms with E-state index in [1.54, 1.807) is 0 Å². The monoisotopic (exact) mass is 432 g/mol. The minimum atomic E-state index is 0.465. The third-order valence-electron chi connectivity index (χ3n) is 7.01. The molecule has 9 heteroatoms. The molecule has 1 unspecified atom stereocenters. The molecule has 2 N–H and O–H groups in total. The number of morpholine rings is 1. The number of ether oxygens (including phenoxy) is 1. The number of nitrogens with zero attached hydrogens (tertiary/aromatic N) is 6. The summed E-state index contributed by atoms with van der Waals surface area (Å²) in [6.07, 6.45) is 7.83. The van der Waals surface area contributed by atoms with Gasteiger partial charge in [-0.25, -0.2) is 4.99 Å². The zero-order chi connectivity index (χ0) is 21.5. The minimum Gasteiger partial charge on any atom is -0.379 e. The molecule has 1 aliphatic carbocycles. The molecule has 2 saturated heterocycles. The van der Waals surface area contributed by atoms with Crippen LogP contribution in [-0.2, 0) is 18.3 Å². The maximum absolute atomic E-state index is 5.45. The second-order valence-corrected chi connectivity index (χ2v) is 9.18. The molecule has 0 aromatic carbocycles. The molecule has 174 valence electrons. The first-order valence-electron chi connectivity index (χ1n) is 12.1. The summed E-state index contributed by atoms with van der Waals surface area (Å²) >= 11 is 0. The second-order valence-electron chi connectivity index (χ2n) is 9.18. The van der Waals surface area contributed by atoms with Crippen molar-refractivity contribution >= 4 is 5.96 Å². The number of aryl methyl sites for hydroxylation is 1. The van der Waals surface area contributed by atoms with Gasteiger partial charge in [0.15, 0.2) is 11.8 Å². The largest absolute Gasteiger partial charge is 0.379 e. The van der Waals surface area contributed by atoms with Gasteiger partial charge in [0.1, 0.15) is 12.4 Å². The van der Waals surface area contributed by atoms with Crippen LogP contribution in [-0.4, -0.2) is 95.1 Å². The molecule has 0 bridgehead atoms. The number of guanidine groups is 1. The number of hydrogen-bond acceptors (Lipinski definition) is 6. The van der Waals surface area contributed by atoms with E-state index in [4.69, 9.17) is 9.73 Å². The van der Waals surface area contributed by atoms with Crippen molar-refractivity contribution < 1.29 is 4.74 Å². The SMILES string of the molecule is Cc1nnc(CN=C(NCCCN2CCOCC2)NC2CCN(C3CCCC3)C2)n1C. The highest BCUT2D eigenvalue weighted by Gasteiger charge is 2.30.